The Hall–Kier alpha value is -3.32. The number of urea groups is 1. The van der Waals surface area contributed by atoms with Crippen molar-refractivity contribution in [2.24, 2.45) is 0 Å². The average molecular weight is 501 g/mol. The second-order valence-corrected chi connectivity index (χ2v) is 10.6. The van der Waals surface area contributed by atoms with Crippen LogP contribution in [0.5, 0.6) is 0 Å². The number of nitrogens with one attached hydrogen (secondary N) is 2. The number of hydrogen-bond acceptors (Lipinski definition) is 4. The number of carbonyl (C=O) groups excluding carboxylic acids is 2. The van der Waals surface area contributed by atoms with Gasteiger partial charge >= 0.3 is 6.03 Å². The van der Waals surface area contributed by atoms with Gasteiger partial charge in [-0.2, -0.15) is 0 Å². The van der Waals surface area contributed by atoms with E-state index in [1.165, 1.54) is 4.90 Å². The van der Waals surface area contributed by atoms with Gasteiger partial charge in [-0.1, -0.05) is 31.0 Å². The van der Waals surface area contributed by atoms with Crippen LogP contribution >= 0.6 is 11.8 Å². The summed E-state index contributed by atoms with van der Waals surface area (Å²) in [4.78, 5) is 33.6. The van der Waals surface area contributed by atoms with E-state index in [1.54, 1.807) is 18.8 Å². The van der Waals surface area contributed by atoms with Crippen molar-refractivity contribution in [3.8, 4) is 11.3 Å². The lowest BCUT2D eigenvalue weighted by Gasteiger charge is -2.24. The third-order valence-electron chi connectivity index (χ3n) is 7.53. The molecule has 36 heavy (non-hydrogen) atoms. The summed E-state index contributed by atoms with van der Waals surface area (Å²) in [5.41, 5.74) is 6.48. The van der Waals surface area contributed by atoms with E-state index in [2.05, 4.69) is 41.2 Å². The number of fused-ring (bicyclic) bond motifs is 2. The second-order valence-electron chi connectivity index (χ2n) is 9.75. The quantitative estimate of drug-likeness (QED) is 0.442. The number of nitrogens with zero attached hydrogens (tertiary/aromatic N) is 2. The van der Waals surface area contributed by atoms with Gasteiger partial charge in [0, 0.05) is 41.6 Å². The number of carbonyl (C=O) groups is 2. The monoisotopic (exact) mass is 500 g/mol. The summed E-state index contributed by atoms with van der Waals surface area (Å²) < 4.78 is 0. The Bertz CT molecular complexity index is 1300. The van der Waals surface area contributed by atoms with Gasteiger partial charge in [-0.25, -0.2) is 9.78 Å². The number of benzene rings is 2. The molecule has 3 amide bonds. The highest BCUT2D eigenvalue weighted by molar-refractivity contribution is 7.98. The van der Waals surface area contributed by atoms with Crippen LogP contribution in [0.1, 0.15) is 52.9 Å². The van der Waals surface area contributed by atoms with E-state index in [0.29, 0.717) is 18.7 Å². The molecule has 2 aromatic carbocycles. The number of rotatable bonds is 5. The minimum atomic E-state index is -0.0988. The summed E-state index contributed by atoms with van der Waals surface area (Å²) in [6, 6.07) is 18.0. The van der Waals surface area contributed by atoms with Gasteiger partial charge in [0.2, 0.25) is 0 Å². The Morgan fingerprint density at radius 3 is 2.47 bits per heavy atom. The maximum atomic E-state index is 13.3. The van der Waals surface area contributed by atoms with Gasteiger partial charge in [0.15, 0.2) is 0 Å². The SMILES string of the molecule is CNC(=O)c1ccc(-c2ccc3c(n2)C2(CCCC2)CN3C(=O)NCc2ccc(SC)cc2)c(C)c1. The standard InChI is InChI=1S/C29H32N4O2S/c1-19-16-21(27(34)30-2)8-11-23(19)24-12-13-25-26(32-24)29(14-4-5-15-29)18-33(25)28(35)31-17-20-6-9-22(36-3)10-7-20/h6-13,16H,4-5,14-15,17-18H2,1-3H3,(H,30,34)(H,31,35). The molecule has 0 unspecified atom stereocenters. The van der Waals surface area contributed by atoms with Crippen molar-refractivity contribution in [1.29, 1.82) is 0 Å². The predicted octanol–water partition coefficient (Wildman–Crippen LogP) is 5.68. The predicted molar refractivity (Wildman–Crippen MR) is 146 cm³/mol. The molecule has 1 fully saturated rings. The number of pyridine rings is 1. The first-order valence-electron chi connectivity index (χ1n) is 12.5. The van der Waals surface area contributed by atoms with Crippen molar-refractivity contribution in [3.63, 3.8) is 0 Å². The molecule has 5 rings (SSSR count). The summed E-state index contributed by atoms with van der Waals surface area (Å²) in [5.74, 6) is -0.0988. The summed E-state index contributed by atoms with van der Waals surface area (Å²) in [6.45, 7) is 3.17. The molecule has 6 nitrogen and oxygen atoms in total. The Morgan fingerprint density at radius 2 is 1.81 bits per heavy atom. The molecule has 3 aromatic rings. The molecule has 1 aliphatic carbocycles. The normalized spacial score (nSPS) is 15.7. The van der Waals surface area contributed by atoms with E-state index >= 15 is 0 Å². The minimum Gasteiger partial charge on any atom is -0.355 e. The van der Waals surface area contributed by atoms with Gasteiger partial charge in [0.05, 0.1) is 17.1 Å². The molecule has 1 aliphatic heterocycles. The highest BCUT2D eigenvalue weighted by atomic mass is 32.2. The third kappa shape index (κ3) is 4.48. The highest BCUT2D eigenvalue weighted by Crippen LogP contribution is 2.50. The second kappa shape index (κ2) is 9.97. The molecule has 2 aliphatic rings. The van der Waals surface area contributed by atoms with Crippen molar-refractivity contribution in [2.45, 2.75) is 49.5 Å². The van der Waals surface area contributed by atoms with Crippen molar-refractivity contribution in [2.75, 3.05) is 24.7 Å². The van der Waals surface area contributed by atoms with Crippen LogP contribution in [0.2, 0.25) is 0 Å². The largest absolute Gasteiger partial charge is 0.355 e. The van der Waals surface area contributed by atoms with Gasteiger partial charge in [-0.3, -0.25) is 9.69 Å². The Morgan fingerprint density at radius 1 is 1.06 bits per heavy atom. The van der Waals surface area contributed by atoms with Crippen LogP contribution in [0, 0.1) is 6.92 Å². The lowest BCUT2D eigenvalue weighted by Crippen LogP contribution is -2.41. The van der Waals surface area contributed by atoms with Crippen LogP contribution in [-0.2, 0) is 12.0 Å². The first-order chi connectivity index (χ1) is 17.4. The van der Waals surface area contributed by atoms with Crippen LogP contribution < -0.4 is 15.5 Å². The number of thioether (sulfide) groups is 1. The molecule has 186 valence electrons. The molecule has 0 saturated heterocycles. The fourth-order valence-electron chi connectivity index (χ4n) is 5.55. The fraction of sp³-hybridized carbons (Fsp3) is 0.345. The maximum absolute atomic E-state index is 13.3. The first kappa shape index (κ1) is 24.4. The molecule has 1 aromatic heterocycles. The first-order valence-corrected chi connectivity index (χ1v) is 13.7. The molecule has 0 radical (unpaired) electrons. The zero-order chi connectivity index (χ0) is 25.3. The molecule has 2 N–H and O–H groups in total. The lowest BCUT2D eigenvalue weighted by molar-refractivity contribution is 0.0963. The fourth-order valence-corrected chi connectivity index (χ4v) is 5.96. The summed E-state index contributed by atoms with van der Waals surface area (Å²) in [7, 11) is 1.64. The molecular formula is C29H32N4O2S. The zero-order valence-corrected chi connectivity index (χ0v) is 21.9. The number of anilines is 1. The van der Waals surface area contributed by atoms with Gasteiger partial charge in [-0.15, -0.1) is 11.8 Å². The molecule has 1 saturated carbocycles. The summed E-state index contributed by atoms with van der Waals surface area (Å²) in [6.07, 6.45) is 6.46. The third-order valence-corrected chi connectivity index (χ3v) is 8.27. The van der Waals surface area contributed by atoms with E-state index in [4.69, 9.17) is 4.98 Å². The maximum Gasteiger partial charge on any atom is 0.322 e. The van der Waals surface area contributed by atoms with Gasteiger partial charge in [0.25, 0.3) is 5.91 Å². The van der Waals surface area contributed by atoms with E-state index in [-0.39, 0.29) is 17.4 Å². The summed E-state index contributed by atoms with van der Waals surface area (Å²) >= 11 is 1.71. The zero-order valence-electron chi connectivity index (χ0n) is 21.1. The van der Waals surface area contributed by atoms with Gasteiger partial charge in [-0.05, 0) is 73.5 Å². The number of amides is 3. The van der Waals surface area contributed by atoms with E-state index < -0.39 is 0 Å². The van der Waals surface area contributed by atoms with Gasteiger partial charge in [0.1, 0.15) is 0 Å². The average Bonchev–Trinajstić information content (AvgIpc) is 3.52. The topological polar surface area (TPSA) is 74.3 Å². The van der Waals surface area contributed by atoms with Crippen molar-refractivity contribution in [1.82, 2.24) is 15.6 Å². The molecular weight excluding hydrogens is 468 g/mol. The van der Waals surface area contributed by atoms with Crippen LogP contribution in [0.25, 0.3) is 11.3 Å². The van der Waals surface area contributed by atoms with Crippen molar-refractivity contribution in [3.05, 3.63) is 77.0 Å². The molecule has 7 heteroatoms. The molecule has 0 bridgehead atoms. The molecule has 0 atom stereocenters. The van der Waals surface area contributed by atoms with E-state index in [0.717, 1.165) is 59.4 Å². The highest BCUT2D eigenvalue weighted by Gasteiger charge is 2.47. The lowest BCUT2D eigenvalue weighted by atomic mass is 9.84. The summed E-state index contributed by atoms with van der Waals surface area (Å²) in [5, 5.41) is 5.79. The number of aryl methyl sites for hydroxylation is 1. The Balaban J connectivity index is 1.42. The Kier molecular flexibility index (Phi) is 6.75. The van der Waals surface area contributed by atoms with Crippen molar-refractivity contribution >= 4 is 29.4 Å². The number of aromatic nitrogens is 1. The van der Waals surface area contributed by atoms with Crippen LogP contribution in [0.4, 0.5) is 10.5 Å². The van der Waals surface area contributed by atoms with E-state index in [9.17, 15) is 9.59 Å². The Labute approximate surface area is 216 Å². The van der Waals surface area contributed by atoms with Gasteiger partial charge < -0.3 is 10.6 Å². The van der Waals surface area contributed by atoms with Crippen LogP contribution in [-0.4, -0.2) is 36.8 Å². The smallest absolute Gasteiger partial charge is 0.322 e. The molecule has 2 heterocycles. The number of hydrogen-bond donors (Lipinski definition) is 2. The van der Waals surface area contributed by atoms with Crippen LogP contribution in [0.3, 0.4) is 0 Å². The van der Waals surface area contributed by atoms with Crippen molar-refractivity contribution < 1.29 is 9.59 Å². The van der Waals surface area contributed by atoms with E-state index in [1.807, 2.05) is 42.2 Å². The van der Waals surface area contributed by atoms with Crippen LogP contribution in [0.15, 0.2) is 59.5 Å². The minimum absolute atomic E-state index is 0.0744. The molecule has 1 spiro atoms.